The first-order valence-corrected chi connectivity index (χ1v) is 8.60. The summed E-state index contributed by atoms with van der Waals surface area (Å²) in [6, 6.07) is 10.3. The molecule has 2 aromatic rings. The Morgan fingerprint density at radius 3 is 2.46 bits per heavy atom. The fraction of sp³-hybridized carbons (Fsp3) is 0.421. The van der Waals surface area contributed by atoms with Gasteiger partial charge in [-0.25, -0.2) is 9.97 Å². The van der Waals surface area contributed by atoms with E-state index in [1.54, 1.807) is 0 Å². The molecule has 0 atom stereocenters. The van der Waals surface area contributed by atoms with Gasteiger partial charge in [0.2, 0.25) is 0 Å². The third-order valence-electron chi connectivity index (χ3n) is 4.31. The van der Waals surface area contributed by atoms with Gasteiger partial charge in [-0.15, -0.1) is 0 Å². The molecular weight excluding hydrogens is 298 g/mol. The van der Waals surface area contributed by atoms with Crippen LogP contribution < -0.4 is 10.3 Å². The monoisotopic (exact) mass is 323 g/mol. The highest BCUT2D eigenvalue weighted by atomic mass is 15.3. The van der Waals surface area contributed by atoms with Gasteiger partial charge in [0.25, 0.3) is 0 Å². The van der Waals surface area contributed by atoms with Crippen molar-refractivity contribution in [1.29, 1.82) is 0 Å². The molecule has 0 radical (unpaired) electrons. The van der Waals surface area contributed by atoms with E-state index in [1.165, 1.54) is 24.8 Å². The molecule has 1 saturated heterocycles. The summed E-state index contributed by atoms with van der Waals surface area (Å²) in [4.78, 5) is 11.4. The van der Waals surface area contributed by atoms with Crippen molar-refractivity contribution in [3.05, 3.63) is 47.3 Å². The van der Waals surface area contributed by atoms with E-state index in [4.69, 9.17) is 0 Å². The molecule has 1 aliphatic rings. The van der Waals surface area contributed by atoms with Crippen molar-refractivity contribution in [3.8, 4) is 0 Å². The number of piperidine rings is 1. The van der Waals surface area contributed by atoms with Crippen LogP contribution in [0.25, 0.3) is 0 Å². The molecule has 1 aromatic heterocycles. The van der Waals surface area contributed by atoms with Gasteiger partial charge < -0.3 is 4.90 Å². The molecule has 0 aliphatic carbocycles. The van der Waals surface area contributed by atoms with Gasteiger partial charge in [-0.2, -0.15) is 5.10 Å². The first-order valence-electron chi connectivity index (χ1n) is 8.60. The molecule has 126 valence electrons. The summed E-state index contributed by atoms with van der Waals surface area (Å²) >= 11 is 0. The summed E-state index contributed by atoms with van der Waals surface area (Å²) in [7, 11) is 0. The van der Waals surface area contributed by atoms with Crippen molar-refractivity contribution in [2.75, 3.05) is 23.4 Å². The smallest absolute Gasteiger partial charge is 0.152 e. The van der Waals surface area contributed by atoms with Crippen LogP contribution in [0.15, 0.2) is 35.4 Å². The Morgan fingerprint density at radius 1 is 1.04 bits per heavy atom. The molecule has 1 N–H and O–H groups in total. The molecule has 0 spiro atoms. The Hall–Kier alpha value is -2.43. The first-order chi connectivity index (χ1) is 11.6. The van der Waals surface area contributed by atoms with E-state index in [0.29, 0.717) is 0 Å². The minimum Gasteiger partial charge on any atom is -0.356 e. The van der Waals surface area contributed by atoms with Crippen LogP contribution in [0, 0.1) is 13.8 Å². The molecule has 24 heavy (non-hydrogen) atoms. The second-order valence-corrected chi connectivity index (χ2v) is 6.38. The Balaban J connectivity index is 1.75. The zero-order valence-corrected chi connectivity index (χ0v) is 14.7. The SMILES string of the molecule is C/C(=N/Nc1cc(N2CCCCC2)nc(C)n1)c1ccc(C)cc1. The van der Waals surface area contributed by atoms with Gasteiger partial charge in [-0.1, -0.05) is 29.8 Å². The Labute approximate surface area is 143 Å². The number of aryl methyl sites for hydroxylation is 2. The van der Waals surface area contributed by atoms with E-state index in [0.717, 1.165) is 41.8 Å². The molecule has 0 unspecified atom stereocenters. The summed E-state index contributed by atoms with van der Waals surface area (Å²) in [6.45, 7) is 8.15. The maximum Gasteiger partial charge on any atom is 0.152 e. The Kier molecular flexibility index (Phi) is 5.08. The van der Waals surface area contributed by atoms with Crippen LogP contribution >= 0.6 is 0 Å². The summed E-state index contributed by atoms with van der Waals surface area (Å²) < 4.78 is 0. The molecule has 5 heteroatoms. The lowest BCUT2D eigenvalue weighted by atomic mass is 10.1. The number of hydrogen-bond acceptors (Lipinski definition) is 5. The predicted molar refractivity (Wildman–Crippen MR) is 99.8 cm³/mol. The van der Waals surface area contributed by atoms with Crippen LogP contribution in [0.2, 0.25) is 0 Å². The molecular formula is C19H25N5. The second kappa shape index (κ2) is 7.43. The number of benzene rings is 1. The molecule has 2 heterocycles. The molecule has 3 rings (SSSR count). The predicted octanol–water partition coefficient (Wildman–Crippen LogP) is 3.92. The van der Waals surface area contributed by atoms with E-state index in [-0.39, 0.29) is 0 Å². The van der Waals surface area contributed by atoms with Crippen molar-refractivity contribution in [2.24, 2.45) is 5.10 Å². The van der Waals surface area contributed by atoms with E-state index < -0.39 is 0 Å². The minimum absolute atomic E-state index is 0.745. The quantitative estimate of drug-likeness (QED) is 0.684. The number of aromatic nitrogens is 2. The number of rotatable bonds is 4. The maximum atomic E-state index is 4.58. The third kappa shape index (κ3) is 4.10. The standard InChI is InChI=1S/C19H25N5/c1-14-7-9-17(10-8-14)15(2)22-23-18-13-19(21-16(3)20-18)24-11-5-4-6-12-24/h7-10,13H,4-6,11-12H2,1-3H3,(H,20,21,23)/b22-15-. The lowest BCUT2D eigenvalue weighted by Crippen LogP contribution is -2.30. The van der Waals surface area contributed by atoms with Gasteiger partial charge in [0, 0.05) is 19.2 Å². The average Bonchev–Trinajstić information content (AvgIpc) is 2.60. The van der Waals surface area contributed by atoms with Crippen LogP contribution in [-0.4, -0.2) is 28.8 Å². The highest BCUT2D eigenvalue weighted by molar-refractivity contribution is 5.99. The second-order valence-electron chi connectivity index (χ2n) is 6.38. The molecule has 0 amide bonds. The van der Waals surface area contributed by atoms with E-state index in [2.05, 4.69) is 56.6 Å². The van der Waals surface area contributed by atoms with Gasteiger partial charge >= 0.3 is 0 Å². The van der Waals surface area contributed by atoms with E-state index in [1.807, 2.05) is 19.9 Å². The van der Waals surface area contributed by atoms with E-state index >= 15 is 0 Å². The van der Waals surface area contributed by atoms with Gasteiger partial charge in [0.1, 0.15) is 11.6 Å². The molecule has 0 saturated carbocycles. The van der Waals surface area contributed by atoms with Crippen molar-refractivity contribution < 1.29 is 0 Å². The highest BCUT2D eigenvalue weighted by Crippen LogP contribution is 2.20. The van der Waals surface area contributed by atoms with Gasteiger partial charge in [0.05, 0.1) is 5.71 Å². The van der Waals surface area contributed by atoms with Crippen molar-refractivity contribution in [2.45, 2.75) is 40.0 Å². The number of hydrazone groups is 1. The summed E-state index contributed by atoms with van der Waals surface area (Å²) in [5.41, 5.74) is 6.38. The zero-order valence-electron chi connectivity index (χ0n) is 14.7. The van der Waals surface area contributed by atoms with Crippen LogP contribution in [0.1, 0.15) is 43.1 Å². The molecule has 1 aliphatic heterocycles. The van der Waals surface area contributed by atoms with Gasteiger partial charge in [0.15, 0.2) is 5.82 Å². The largest absolute Gasteiger partial charge is 0.356 e. The number of nitrogens with one attached hydrogen (secondary N) is 1. The third-order valence-corrected chi connectivity index (χ3v) is 4.31. The lowest BCUT2D eigenvalue weighted by Gasteiger charge is -2.28. The number of anilines is 2. The van der Waals surface area contributed by atoms with E-state index in [9.17, 15) is 0 Å². The highest BCUT2D eigenvalue weighted by Gasteiger charge is 2.13. The Morgan fingerprint density at radius 2 is 1.75 bits per heavy atom. The van der Waals surface area contributed by atoms with Crippen molar-refractivity contribution >= 4 is 17.3 Å². The Bertz CT molecular complexity index is 715. The van der Waals surface area contributed by atoms with Gasteiger partial charge in [-0.3, -0.25) is 5.43 Å². The van der Waals surface area contributed by atoms with Crippen LogP contribution in [0.4, 0.5) is 11.6 Å². The van der Waals surface area contributed by atoms with Crippen LogP contribution in [-0.2, 0) is 0 Å². The summed E-state index contributed by atoms with van der Waals surface area (Å²) in [5.74, 6) is 2.51. The molecule has 5 nitrogen and oxygen atoms in total. The summed E-state index contributed by atoms with van der Waals surface area (Å²) in [5, 5.41) is 4.48. The molecule has 1 fully saturated rings. The van der Waals surface area contributed by atoms with Gasteiger partial charge in [-0.05, 0) is 45.6 Å². The maximum absolute atomic E-state index is 4.58. The number of hydrogen-bond donors (Lipinski definition) is 1. The number of nitrogens with zero attached hydrogens (tertiary/aromatic N) is 4. The normalized spacial score (nSPS) is 15.5. The first kappa shape index (κ1) is 16.4. The van der Waals surface area contributed by atoms with Crippen molar-refractivity contribution in [3.63, 3.8) is 0 Å². The molecule has 0 bridgehead atoms. The average molecular weight is 323 g/mol. The van der Waals surface area contributed by atoms with Crippen LogP contribution in [0.5, 0.6) is 0 Å². The minimum atomic E-state index is 0.745. The molecule has 1 aromatic carbocycles. The fourth-order valence-electron chi connectivity index (χ4n) is 2.89. The summed E-state index contributed by atoms with van der Waals surface area (Å²) in [6.07, 6.45) is 3.78. The van der Waals surface area contributed by atoms with Crippen molar-refractivity contribution in [1.82, 2.24) is 9.97 Å². The lowest BCUT2D eigenvalue weighted by molar-refractivity contribution is 0.572. The topological polar surface area (TPSA) is 53.4 Å². The zero-order chi connectivity index (χ0) is 16.9. The fourth-order valence-corrected chi connectivity index (χ4v) is 2.89. The van der Waals surface area contributed by atoms with Crippen LogP contribution in [0.3, 0.4) is 0 Å².